The maximum absolute atomic E-state index is 12.5. The summed E-state index contributed by atoms with van der Waals surface area (Å²) < 4.78 is 5.02. The summed E-state index contributed by atoms with van der Waals surface area (Å²) in [4.78, 5) is 28.9. The van der Waals surface area contributed by atoms with Crippen LogP contribution >= 0.6 is 0 Å². The van der Waals surface area contributed by atoms with E-state index in [4.69, 9.17) is 4.74 Å². The SMILES string of the molecule is COC[C@@H](C)NC(=O)/C(=C\c1cccnc1)NC(=O)c1ccccc1. The quantitative estimate of drug-likeness (QED) is 0.756. The molecule has 1 atom stereocenters. The van der Waals surface area contributed by atoms with Gasteiger partial charge in [0, 0.05) is 31.1 Å². The molecule has 2 rings (SSSR count). The highest BCUT2D eigenvalue weighted by molar-refractivity contribution is 6.05. The van der Waals surface area contributed by atoms with Crippen LogP contribution in [0, 0.1) is 0 Å². The number of amides is 2. The van der Waals surface area contributed by atoms with Crippen molar-refractivity contribution in [2.45, 2.75) is 13.0 Å². The average Bonchev–Trinajstić information content (AvgIpc) is 2.63. The fourth-order valence-electron chi connectivity index (χ4n) is 2.16. The largest absolute Gasteiger partial charge is 0.383 e. The zero-order valence-corrected chi connectivity index (χ0v) is 14.2. The number of nitrogens with zero attached hydrogens (tertiary/aromatic N) is 1. The summed E-state index contributed by atoms with van der Waals surface area (Å²) in [6.07, 6.45) is 4.84. The van der Waals surface area contributed by atoms with Crippen LogP contribution in [0.5, 0.6) is 0 Å². The number of benzene rings is 1. The number of hydrogen-bond donors (Lipinski definition) is 2. The third kappa shape index (κ3) is 5.86. The average molecular weight is 339 g/mol. The summed E-state index contributed by atoms with van der Waals surface area (Å²) >= 11 is 0. The summed E-state index contributed by atoms with van der Waals surface area (Å²) in [7, 11) is 1.56. The van der Waals surface area contributed by atoms with E-state index in [2.05, 4.69) is 15.6 Å². The van der Waals surface area contributed by atoms with E-state index in [9.17, 15) is 9.59 Å². The standard InChI is InChI=1S/C19H21N3O3/c1-14(13-25-2)21-19(24)17(11-15-7-6-10-20-12-15)22-18(23)16-8-4-3-5-9-16/h3-12,14H,13H2,1-2H3,(H,21,24)(H,22,23)/b17-11+/t14-/m1/s1. The number of pyridine rings is 1. The van der Waals surface area contributed by atoms with Gasteiger partial charge in [-0.1, -0.05) is 24.3 Å². The fourth-order valence-corrected chi connectivity index (χ4v) is 2.16. The summed E-state index contributed by atoms with van der Waals surface area (Å²) in [5.74, 6) is -0.747. The lowest BCUT2D eigenvalue weighted by atomic mass is 10.2. The van der Waals surface area contributed by atoms with Crippen molar-refractivity contribution in [3.05, 3.63) is 71.7 Å². The number of rotatable bonds is 7. The van der Waals surface area contributed by atoms with Gasteiger partial charge in [-0.2, -0.15) is 0 Å². The van der Waals surface area contributed by atoms with E-state index in [1.165, 1.54) is 0 Å². The summed E-state index contributed by atoms with van der Waals surface area (Å²) in [5, 5.41) is 5.46. The smallest absolute Gasteiger partial charge is 0.268 e. The van der Waals surface area contributed by atoms with Gasteiger partial charge >= 0.3 is 0 Å². The lowest BCUT2D eigenvalue weighted by Gasteiger charge is -2.15. The van der Waals surface area contributed by atoms with Gasteiger partial charge in [-0.05, 0) is 36.8 Å². The minimum atomic E-state index is -0.391. The molecule has 0 spiro atoms. The first-order valence-electron chi connectivity index (χ1n) is 7.88. The molecular weight excluding hydrogens is 318 g/mol. The van der Waals surface area contributed by atoms with Crippen molar-refractivity contribution in [2.75, 3.05) is 13.7 Å². The molecule has 1 aromatic carbocycles. The highest BCUT2D eigenvalue weighted by Gasteiger charge is 2.16. The van der Waals surface area contributed by atoms with Gasteiger partial charge in [0.15, 0.2) is 0 Å². The molecule has 1 heterocycles. The second-order valence-electron chi connectivity index (χ2n) is 5.49. The molecule has 0 aliphatic rings. The fraction of sp³-hybridized carbons (Fsp3) is 0.211. The predicted octanol–water partition coefficient (Wildman–Crippen LogP) is 2.00. The monoisotopic (exact) mass is 339 g/mol. The highest BCUT2D eigenvalue weighted by Crippen LogP contribution is 2.06. The van der Waals surface area contributed by atoms with Gasteiger partial charge in [-0.15, -0.1) is 0 Å². The van der Waals surface area contributed by atoms with Crippen molar-refractivity contribution in [1.82, 2.24) is 15.6 Å². The first kappa shape index (κ1) is 18.4. The Bertz CT molecular complexity index is 730. The Morgan fingerprint density at radius 3 is 2.60 bits per heavy atom. The summed E-state index contributed by atoms with van der Waals surface area (Å²) in [6, 6.07) is 12.1. The number of carbonyl (C=O) groups is 2. The van der Waals surface area contributed by atoms with Crippen molar-refractivity contribution >= 4 is 17.9 Å². The molecule has 130 valence electrons. The molecule has 6 heteroatoms. The second kappa shape index (κ2) is 9.34. The summed E-state index contributed by atoms with van der Waals surface area (Å²) in [5.41, 5.74) is 1.32. The maximum atomic E-state index is 12.5. The van der Waals surface area contributed by atoms with E-state index in [-0.39, 0.29) is 17.6 Å². The molecule has 2 N–H and O–H groups in total. The van der Waals surface area contributed by atoms with E-state index in [1.807, 2.05) is 13.0 Å². The van der Waals surface area contributed by atoms with E-state index in [1.54, 1.807) is 62.0 Å². The van der Waals surface area contributed by atoms with Crippen LogP contribution in [0.2, 0.25) is 0 Å². The minimum absolute atomic E-state index is 0.143. The molecule has 0 aliphatic heterocycles. The predicted molar refractivity (Wildman–Crippen MR) is 95.6 cm³/mol. The Hall–Kier alpha value is -2.99. The number of ether oxygens (including phenoxy) is 1. The van der Waals surface area contributed by atoms with Gasteiger partial charge in [0.2, 0.25) is 0 Å². The molecule has 0 bridgehead atoms. The van der Waals surface area contributed by atoms with Gasteiger partial charge < -0.3 is 15.4 Å². The van der Waals surface area contributed by atoms with Crippen molar-refractivity contribution in [1.29, 1.82) is 0 Å². The van der Waals surface area contributed by atoms with Crippen LogP contribution < -0.4 is 10.6 Å². The zero-order chi connectivity index (χ0) is 18.1. The minimum Gasteiger partial charge on any atom is -0.383 e. The van der Waals surface area contributed by atoms with Crippen LogP contribution in [0.4, 0.5) is 0 Å². The van der Waals surface area contributed by atoms with E-state index < -0.39 is 5.91 Å². The zero-order valence-electron chi connectivity index (χ0n) is 14.2. The van der Waals surface area contributed by atoms with Crippen LogP contribution in [0.15, 0.2) is 60.6 Å². The van der Waals surface area contributed by atoms with Crippen LogP contribution in [0.1, 0.15) is 22.8 Å². The Labute approximate surface area is 146 Å². The molecular formula is C19H21N3O3. The van der Waals surface area contributed by atoms with Crippen molar-refractivity contribution in [2.24, 2.45) is 0 Å². The Kier molecular flexibility index (Phi) is 6.86. The van der Waals surface area contributed by atoms with E-state index in [0.29, 0.717) is 17.7 Å². The third-order valence-electron chi connectivity index (χ3n) is 3.32. The Morgan fingerprint density at radius 2 is 1.96 bits per heavy atom. The van der Waals surface area contributed by atoms with Gasteiger partial charge in [-0.25, -0.2) is 0 Å². The van der Waals surface area contributed by atoms with E-state index in [0.717, 1.165) is 0 Å². The molecule has 2 amide bonds. The maximum Gasteiger partial charge on any atom is 0.268 e. The Morgan fingerprint density at radius 1 is 1.20 bits per heavy atom. The first-order chi connectivity index (χ1) is 12.1. The van der Waals surface area contributed by atoms with Gasteiger partial charge in [-0.3, -0.25) is 14.6 Å². The molecule has 0 radical (unpaired) electrons. The Balaban J connectivity index is 2.21. The lowest BCUT2D eigenvalue weighted by molar-refractivity contribution is -0.118. The number of hydrogen-bond acceptors (Lipinski definition) is 4. The van der Waals surface area contributed by atoms with Crippen LogP contribution in [0.3, 0.4) is 0 Å². The van der Waals surface area contributed by atoms with Crippen molar-refractivity contribution < 1.29 is 14.3 Å². The number of carbonyl (C=O) groups excluding carboxylic acids is 2. The lowest BCUT2D eigenvalue weighted by Crippen LogP contribution is -2.41. The van der Waals surface area contributed by atoms with E-state index >= 15 is 0 Å². The number of methoxy groups -OCH3 is 1. The second-order valence-corrected chi connectivity index (χ2v) is 5.49. The molecule has 2 aromatic rings. The van der Waals surface area contributed by atoms with Crippen LogP contribution in [-0.4, -0.2) is 36.6 Å². The van der Waals surface area contributed by atoms with Gasteiger partial charge in [0.1, 0.15) is 5.70 Å². The van der Waals surface area contributed by atoms with Crippen LogP contribution in [0.25, 0.3) is 6.08 Å². The molecule has 1 aromatic heterocycles. The molecule has 0 unspecified atom stereocenters. The number of aromatic nitrogens is 1. The molecule has 0 fully saturated rings. The number of nitrogens with one attached hydrogen (secondary N) is 2. The van der Waals surface area contributed by atoms with Gasteiger partial charge in [0.05, 0.1) is 6.61 Å². The van der Waals surface area contributed by atoms with Crippen LogP contribution in [-0.2, 0) is 9.53 Å². The third-order valence-corrected chi connectivity index (χ3v) is 3.32. The van der Waals surface area contributed by atoms with Crippen molar-refractivity contribution in [3.63, 3.8) is 0 Å². The van der Waals surface area contributed by atoms with Gasteiger partial charge in [0.25, 0.3) is 11.8 Å². The normalized spacial score (nSPS) is 12.3. The molecule has 0 aliphatic carbocycles. The molecule has 25 heavy (non-hydrogen) atoms. The molecule has 0 saturated carbocycles. The molecule has 6 nitrogen and oxygen atoms in total. The molecule has 0 saturated heterocycles. The topological polar surface area (TPSA) is 80.3 Å². The highest BCUT2D eigenvalue weighted by atomic mass is 16.5. The summed E-state index contributed by atoms with van der Waals surface area (Å²) in [6.45, 7) is 2.20. The first-order valence-corrected chi connectivity index (χ1v) is 7.88. The van der Waals surface area contributed by atoms with Crippen molar-refractivity contribution in [3.8, 4) is 0 Å².